The van der Waals surface area contributed by atoms with Crippen LogP contribution in [0.25, 0.3) is 11.0 Å². The van der Waals surface area contributed by atoms with Gasteiger partial charge in [-0.05, 0) is 38.0 Å². The van der Waals surface area contributed by atoms with Crippen molar-refractivity contribution in [1.82, 2.24) is 5.32 Å². The second kappa shape index (κ2) is 6.43. The SMILES string of the molecule is COc1ccccc1C1(C(=O)NCC(C)(O)c2cc3ccccc3o2)CC1. The summed E-state index contributed by atoms with van der Waals surface area (Å²) in [6, 6.07) is 17.0. The number of benzene rings is 2. The fourth-order valence-electron chi connectivity index (χ4n) is 3.54. The molecule has 1 aromatic heterocycles. The zero-order valence-electron chi connectivity index (χ0n) is 15.5. The maximum atomic E-state index is 12.9. The number of ether oxygens (including phenoxy) is 1. The third-order valence-electron chi connectivity index (χ3n) is 5.36. The Balaban J connectivity index is 1.51. The predicted molar refractivity (Wildman–Crippen MR) is 103 cm³/mol. The van der Waals surface area contributed by atoms with Crippen molar-refractivity contribution in [3.8, 4) is 5.75 Å². The fraction of sp³-hybridized carbons (Fsp3) is 0.318. The Morgan fingerprint density at radius 3 is 2.63 bits per heavy atom. The van der Waals surface area contributed by atoms with E-state index in [0.717, 1.165) is 23.8 Å². The number of aliphatic hydroxyl groups is 1. The van der Waals surface area contributed by atoms with Gasteiger partial charge in [0.2, 0.25) is 5.91 Å². The van der Waals surface area contributed by atoms with Crippen LogP contribution in [0.3, 0.4) is 0 Å². The molecule has 2 aromatic carbocycles. The average molecular weight is 365 g/mol. The summed E-state index contributed by atoms with van der Waals surface area (Å²) in [5, 5.41) is 14.7. The normalized spacial score (nSPS) is 17.3. The van der Waals surface area contributed by atoms with Gasteiger partial charge in [-0.25, -0.2) is 0 Å². The van der Waals surface area contributed by atoms with Crippen molar-refractivity contribution in [3.63, 3.8) is 0 Å². The van der Waals surface area contributed by atoms with Gasteiger partial charge in [0, 0.05) is 10.9 Å². The van der Waals surface area contributed by atoms with Crippen LogP contribution < -0.4 is 10.1 Å². The highest BCUT2D eigenvalue weighted by Crippen LogP contribution is 2.51. The Bertz CT molecular complexity index is 952. The molecule has 140 valence electrons. The lowest BCUT2D eigenvalue weighted by atomic mass is 9.93. The maximum absolute atomic E-state index is 12.9. The Morgan fingerprint density at radius 2 is 1.93 bits per heavy atom. The van der Waals surface area contributed by atoms with E-state index < -0.39 is 11.0 Å². The first-order valence-corrected chi connectivity index (χ1v) is 9.09. The van der Waals surface area contributed by atoms with Gasteiger partial charge in [-0.1, -0.05) is 36.4 Å². The summed E-state index contributed by atoms with van der Waals surface area (Å²) >= 11 is 0. The Hall–Kier alpha value is -2.79. The van der Waals surface area contributed by atoms with Crippen molar-refractivity contribution >= 4 is 16.9 Å². The molecule has 3 aromatic rings. The van der Waals surface area contributed by atoms with Crippen molar-refractivity contribution in [2.45, 2.75) is 30.8 Å². The van der Waals surface area contributed by atoms with E-state index in [1.165, 1.54) is 0 Å². The lowest BCUT2D eigenvalue weighted by molar-refractivity contribution is -0.125. The Morgan fingerprint density at radius 1 is 1.22 bits per heavy atom. The van der Waals surface area contributed by atoms with Crippen LogP contribution in [-0.4, -0.2) is 24.7 Å². The van der Waals surface area contributed by atoms with Crippen LogP contribution in [0.5, 0.6) is 5.75 Å². The number of hydrogen-bond acceptors (Lipinski definition) is 4. The van der Waals surface area contributed by atoms with Gasteiger partial charge in [0.15, 0.2) is 0 Å². The molecule has 27 heavy (non-hydrogen) atoms. The first kappa shape index (κ1) is 17.6. The first-order chi connectivity index (χ1) is 13.0. The molecule has 0 spiro atoms. The summed E-state index contributed by atoms with van der Waals surface area (Å²) in [6.07, 6.45) is 1.54. The molecule has 1 aliphatic carbocycles. The van der Waals surface area contributed by atoms with Crippen molar-refractivity contribution in [3.05, 3.63) is 65.9 Å². The van der Waals surface area contributed by atoms with Crippen LogP contribution in [0.4, 0.5) is 0 Å². The largest absolute Gasteiger partial charge is 0.496 e. The molecule has 5 nitrogen and oxygen atoms in total. The van der Waals surface area contributed by atoms with Crippen molar-refractivity contribution in [2.24, 2.45) is 0 Å². The summed E-state index contributed by atoms with van der Waals surface area (Å²) in [5.41, 5.74) is -0.262. The van der Waals surface area contributed by atoms with Crippen LogP contribution in [0.1, 0.15) is 31.1 Å². The molecular formula is C22H23NO4. The Labute approximate surface area is 157 Å². The van der Waals surface area contributed by atoms with E-state index in [1.54, 1.807) is 14.0 Å². The van der Waals surface area contributed by atoms with E-state index in [1.807, 2.05) is 54.6 Å². The number of carbonyl (C=O) groups is 1. The minimum atomic E-state index is -1.30. The van der Waals surface area contributed by atoms with Gasteiger partial charge >= 0.3 is 0 Å². The summed E-state index contributed by atoms with van der Waals surface area (Å²) < 4.78 is 11.2. The number of amides is 1. The fourth-order valence-corrected chi connectivity index (χ4v) is 3.54. The van der Waals surface area contributed by atoms with E-state index in [2.05, 4.69) is 5.32 Å². The predicted octanol–water partition coefficient (Wildman–Crippen LogP) is 3.50. The van der Waals surface area contributed by atoms with Gasteiger partial charge in [0.1, 0.15) is 22.7 Å². The number of methoxy groups -OCH3 is 1. The van der Waals surface area contributed by atoms with Crippen LogP contribution >= 0.6 is 0 Å². The molecule has 5 heteroatoms. The van der Waals surface area contributed by atoms with Gasteiger partial charge < -0.3 is 19.6 Å². The quantitative estimate of drug-likeness (QED) is 0.701. The summed E-state index contributed by atoms with van der Waals surface area (Å²) in [7, 11) is 1.61. The zero-order chi connectivity index (χ0) is 19.1. The number of rotatable bonds is 6. The molecule has 4 rings (SSSR count). The van der Waals surface area contributed by atoms with Gasteiger partial charge in [0.05, 0.1) is 19.1 Å². The molecule has 0 bridgehead atoms. The molecule has 1 saturated carbocycles. The van der Waals surface area contributed by atoms with Crippen molar-refractivity contribution in [1.29, 1.82) is 0 Å². The number of carbonyl (C=O) groups excluding carboxylic acids is 1. The monoisotopic (exact) mass is 365 g/mol. The number of nitrogens with one attached hydrogen (secondary N) is 1. The highest BCUT2D eigenvalue weighted by molar-refractivity contribution is 5.92. The molecule has 2 N–H and O–H groups in total. The minimum absolute atomic E-state index is 0.0720. The molecule has 0 radical (unpaired) electrons. The number of hydrogen-bond donors (Lipinski definition) is 2. The summed E-state index contributed by atoms with van der Waals surface area (Å²) in [5.74, 6) is 1.06. The number of para-hydroxylation sites is 2. The summed E-state index contributed by atoms with van der Waals surface area (Å²) in [4.78, 5) is 12.9. The molecule has 0 aliphatic heterocycles. The second-order valence-electron chi connectivity index (χ2n) is 7.39. The smallest absolute Gasteiger partial charge is 0.230 e. The van der Waals surface area contributed by atoms with Gasteiger partial charge in [-0.15, -0.1) is 0 Å². The van der Waals surface area contributed by atoms with E-state index in [4.69, 9.17) is 9.15 Å². The van der Waals surface area contributed by atoms with Crippen molar-refractivity contribution in [2.75, 3.05) is 13.7 Å². The molecule has 1 heterocycles. The van der Waals surface area contributed by atoms with E-state index in [-0.39, 0.29) is 12.5 Å². The topological polar surface area (TPSA) is 71.7 Å². The standard InChI is InChI=1S/C22H23NO4/c1-21(25,19-13-15-7-3-5-9-17(15)27-19)14-23-20(24)22(11-12-22)16-8-4-6-10-18(16)26-2/h3-10,13,25H,11-12,14H2,1-2H3,(H,23,24). The lowest BCUT2D eigenvalue weighted by Gasteiger charge is -2.24. The lowest BCUT2D eigenvalue weighted by Crippen LogP contribution is -2.43. The third-order valence-corrected chi connectivity index (χ3v) is 5.36. The zero-order valence-corrected chi connectivity index (χ0v) is 15.5. The molecule has 1 unspecified atom stereocenters. The van der Waals surface area contributed by atoms with E-state index in [9.17, 15) is 9.90 Å². The van der Waals surface area contributed by atoms with Gasteiger partial charge in [-0.3, -0.25) is 4.79 Å². The van der Waals surface area contributed by atoms with E-state index >= 15 is 0 Å². The van der Waals surface area contributed by atoms with E-state index in [0.29, 0.717) is 17.1 Å². The second-order valence-corrected chi connectivity index (χ2v) is 7.39. The van der Waals surface area contributed by atoms with Gasteiger partial charge in [-0.2, -0.15) is 0 Å². The molecule has 1 fully saturated rings. The van der Waals surface area contributed by atoms with Crippen LogP contribution in [0.2, 0.25) is 0 Å². The highest BCUT2D eigenvalue weighted by Gasteiger charge is 2.53. The van der Waals surface area contributed by atoms with Crippen LogP contribution in [0.15, 0.2) is 59.0 Å². The number of furan rings is 1. The molecular weight excluding hydrogens is 342 g/mol. The van der Waals surface area contributed by atoms with Gasteiger partial charge in [0.25, 0.3) is 0 Å². The first-order valence-electron chi connectivity index (χ1n) is 9.09. The highest BCUT2D eigenvalue weighted by atomic mass is 16.5. The molecule has 1 amide bonds. The number of fused-ring (bicyclic) bond motifs is 1. The summed E-state index contributed by atoms with van der Waals surface area (Å²) in [6.45, 7) is 1.72. The third kappa shape index (κ3) is 3.08. The minimum Gasteiger partial charge on any atom is -0.496 e. The molecule has 1 aliphatic rings. The van der Waals surface area contributed by atoms with Crippen molar-refractivity contribution < 1.29 is 19.1 Å². The average Bonchev–Trinajstić information content (AvgIpc) is 3.37. The molecule has 0 saturated heterocycles. The van der Waals surface area contributed by atoms with Crippen LogP contribution in [-0.2, 0) is 15.8 Å². The molecule has 1 atom stereocenters. The Kier molecular flexibility index (Phi) is 4.19. The van der Waals surface area contributed by atoms with Crippen LogP contribution in [0, 0.1) is 0 Å². The maximum Gasteiger partial charge on any atom is 0.230 e.